The number of nitrogens with zero attached hydrogens (tertiary/aromatic N) is 2. The molecule has 0 aromatic heterocycles. The van der Waals surface area contributed by atoms with Gasteiger partial charge >= 0.3 is 6.03 Å². The molecule has 1 aliphatic rings. The fourth-order valence-electron chi connectivity index (χ4n) is 4.54. The number of hydrogen-bond acceptors (Lipinski definition) is 5. The molecule has 0 saturated carbocycles. The smallest absolute Gasteiger partial charge is 0.326 e. The first-order valence-electron chi connectivity index (χ1n) is 12.5. The highest BCUT2D eigenvalue weighted by Crippen LogP contribution is 2.46. The van der Waals surface area contributed by atoms with Gasteiger partial charge in [0.15, 0.2) is 6.23 Å². The molecule has 0 aliphatic carbocycles. The average molecular weight is 475 g/mol. The lowest BCUT2D eigenvalue weighted by atomic mass is 9.72. The van der Waals surface area contributed by atoms with Crippen LogP contribution in [0.5, 0.6) is 0 Å². The molecule has 0 radical (unpaired) electrons. The van der Waals surface area contributed by atoms with Gasteiger partial charge in [0.25, 0.3) is 0 Å². The molecule has 34 heavy (non-hydrogen) atoms. The number of amides is 4. The second-order valence-corrected chi connectivity index (χ2v) is 8.98. The van der Waals surface area contributed by atoms with Crippen LogP contribution in [0.1, 0.15) is 70.5 Å². The SMILES string of the molecule is CCC[C@@H](NC(=O)N1C(=O)C(CC)(CC)C1OCC(=O)N(CC)CCNC)c1ccc(C)cc1. The molecule has 190 valence electrons. The minimum Gasteiger partial charge on any atom is -0.347 e. The summed E-state index contributed by atoms with van der Waals surface area (Å²) in [5.41, 5.74) is 1.36. The molecule has 1 fully saturated rings. The predicted octanol–water partition coefficient (Wildman–Crippen LogP) is 3.61. The van der Waals surface area contributed by atoms with E-state index in [-0.39, 0.29) is 24.5 Å². The van der Waals surface area contributed by atoms with E-state index in [0.717, 1.165) is 24.0 Å². The van der Waals surface area contributed by atoms with Crippen molar-refractivity contribution in [3.05, 3.63) is 35.4 Å². The quantitative estimate of drug-likeness (QED) is 0.426. The number of carbonyl (C=O) groups excluding carboxylic acids is 3. The first-order chi connectivity index (χ1) is 16.3. The Morgan fingerprint density at radius 3 is 2.32 bits per heavy atom. The van der Waals surface area contributed by atoms with Gasteiger partial charge in [-0.2, -0.15) is 0 Å². The van der Waals surface area contributed by atoms with Gasteiger partial charge in [-0.25, -0.2) is 9.69 Å². The Kier molecular flexibility index (Phi) is 10.5. The van der Waals surface area contributed by atoms with Crippen molar-refractivity contribution in [2.45, 2.75) is 72.6 Å². The third kappa shape index (κ3) is 5.96. The fraction of sp³-hybridized carbons (Fsp3) is 0.654. The van der Waals surface area contributed by atoms with Gasteiger partial charge in [-0.1, -0.05) is 57.0 Å². The van der Waals surface area contributed by atoms with Gasteiger partial charge in [-0.15, -0.1) is 0 Å². The number of rotatable bonds is 13. The van der Waals surface area contributed by atoms with Crippen molar-refractivity contribution in [1.29, 1.82) is 0 Å². The van der Waals surface area contributed by atoms with Crippen molar-refractivity contribution in [1.82, 2.24) is 20.4 Å². The monoisotopic (exact) mass is 474 g/mol. The van der Waals surface area contributed by atoms with E-state index in [0.29, 0.717) is 32.5 Å². The lowest BCUT2D eigenvalue weighted by Crippen LogP contribution is -2.72. The van der Waals surface area contributed by atoms with Crippen LogP contribution in [0.3, 0.4) is 0 Å². The minimum atomic E-state index is -0.788. The topological polar surface area (TPSA) is 91.0 Å². The lowest BCUT2D eigenvalue weighted by Gasteiger charge is -2.53. The number of likely N-dealkylation sites (tertiary alicyclic amines) is 1. The van der Waals surface area contributed by atoms with E-state index in [2.05, 4.69) is 17.6 Å². The number of β-lactam (4-membered cyclic amide) rings is 1. The summed E-state index contributed by atoms with van der Waals surface area (Å²) in [7, 11) is 1.84. The summed E-state index contributed by atoms with van der Waals surface area (Å²) < 4.78 is 6.00. The first-order valence-corrected chi connectivity index (χ1v) is 12.5. The van der Waals surface area contributed by atoms with Crippen molar-refractivity contribution in [2.75, 3.05) is 33.3 Å². The highest BCUT2D eigenvalue weighted by molar-refractivity contribution is 6.03. The Morgan fingerprint density at radius 2 is 1.79 bits per heavy atom. The van der Waals surface area contributed by atoms with E-state index in [4.69, 9.17) is 4.74 Å². The molecule has 0 spiro atoms. The summed E-state index contributed by atoms with van der Waals surface area (Å²) in [6.07, 6.45) is 1.96. The summed E-state index contributed by atoms with van der Waals surface area (Å²) in [5.74, 6) is -0.392. The molecule has 1 unspecified atom stereocenters. The number of hydrogen-bond donors (Lipinski definition) is 2. The largest absolute Gasteiger partial charge is 0.347 e. The zero-order valence-corrected chi connectivity index (χ0v) is 21.6. The van der Waals surface area contributed by atoms with Crippen LogP contribution in [0.2, 0.25) is 0 Å². The summed E-state index contributed by atoms with van der Waals surface area (Å²) in [6.45, 7) is 11.5. The normalized spacial score (nSPS) is 17.8. The van der Waals surface area contributed by atoms with Crippen LogP contribution in [-0.4, -0.2) is 67.2 Å². The zero-order chi connectivity index (χ0) is 25.3. The van der Waals surface area contributed by atoms with Crippen molar-refractivity contribution in [2.24, 2.45) is 5.41 Å². The molecule has 1 saturated heterocycles. The molecule has 2 N–H and O–H groups in total. The van der Waals surface area contributed by atoms with Gasteiger partial charge in [0, 0.05) is 19.6 Å². The zero-order valence-electron chi connectivity index (χ0n) is 21.6. The average Bonchev–Trinajstić information content (AvgIpc) is 2.83. The van der Waals surface area contributed by atoms with Gasteiger partial charge in [-0.3, -0.25) is 9.59 Å². The maximum atomic E-state index is 13.3. The van der Waals surface area contributed by atoms with E-state index in [1.807, 2.05) is 59.0 Å². The number of benzene rings is 1. The molecule has 1 aliphatic heterocycles. The Balaban J connectivity index is 2.17. The molecule has 0 bridgehead atoms. The number of nitrogens with one attached hydrogen (secondary N) is 2. The maximum Gasteiger partial charge on any atom is 0.326 e. The van der Waals surface area contributed by atoms with E-state index in [9.17, 15) is 14.4 Å². The Morgan fingerprint density at radius 1 is 1.15 bits per heavy atom. The number of imide groups is 1. The van der Waals surface area contributed by atoms with Crippen molar-refractivity contribution in [3.8, 4) is 0 Å². The number of ether oxygens (including phenoxy) is 1. The van der Waals surface area contributed by atoms with E-state index in [1.165, 1.54) is 4.90 Å². The second kappa shape index (κ2) is 12.9. The fourth-order valence-corrected chi connectivity index (χ4v) is 4.54. The highest BCUT2D eigenvalue weighted by atomic mass is 16.5. The van der Waals surface area contributed by atoms with Crippen molar-refractivity contribution in [3.63, 3.8) is 0 Å². The number of aryl methyl sites for hydroxylation is 1. The van der Waals surface area contributed by atoms with E-state index in [1.54, 1.807) is 4.90 Å². The maximum absolute atomic E-state index is 13.3. The van der Waals surface area contributed by atoms with E-state index >= 15 is 0 Å². The van der Waals surface area contributed by atoms with Gasteiger partial charge in [-0.05, 0) is 45.7 Å². The summed E-state index contributed by atoms with van der Waals surface area (Å²) in [6, 6.07) is 7.37. The highest BCUT2D eigenvalue weighted by Gasteiger charge is 2.62. The summed E-state index contributed by atoms with van der Waals surface area (Å²) in [4.78, 5) is 42.0. The van der Waals surface area contributed by atoms with E-state index < -0.39 is 17.7 Å². The Labute approximate surface area is 204 Å². The molecular formula is C26H42N4O4. The molecule has 4 amide bonds. The molecule has 8 heteroatoms. The standard InChI is InChI=1S/C26H42N4O4/c1-7-11-21(20-14-12-19(5)13-15-20)28-25(33)30-23(32)26(8-2,9-3)24(30)34-18-22(31)29(10-4)17-16-27-6/h12-15,21,24,27H,7-11,16-18H2,1-6H3,(H,28,33)/t21-,24?/m1/s1. The molecule has 1 aromatic carbocycles. The van der Waals surface area contributed by atoms with Crippen LogP contribution in [0.25, 0.3) is 0 Å². The van der Waals surface area contributed by atoms with Gasteiger partial charge in [0.05, 0.1) is 11.5 Å². The summed E-state index contributed by atoms with van der Waals surface area (Å²) in [5, 5.41) is 6.07. The molecule has 8 nitrogen and oxygen atoms in total. The number of likely N-dealkylation sites (N-methyl/N-ethyl adjacent to an activating group) is 2. The number of urea groups is 1. The predicted molar refractivity (Wildman–Crippen MR) is 133 cm³/mol. The van der Waals surface area contributed by atoms with Crippen LogP contribution in [0.15, 0.2) is 24.3 Å². The van der Waals surface area contributed by atoms with Gasteiger partial charge < -0.3 is 20.3 Å². The van der Waals surface area contributed by atoms with Crippen LogP contribution in [0.4, 0.5) is 4.79 Å². The second-order valence-electron chi connectivity index (χ2n) is 8.98. The first kappa shape index (κ1) is 27.8. The molecule has 2 atom stereocenters. The number of carbonyl (C=O) groups is 3. The Hall–Kier alpha value is -2.45. The van der Waals surface area contributed by atoms with Crippen LogP contribution < -0.4 is 10.6 Å². The van der Waals surface area contributed by atoms with Crippen LogP contribution in [0, 0.1) is 12.3 Å². The molecule has 1 heterocycles. The molecule has 1 aromatic rings. The summed E-state index contributed by atoms with van der Waals surface area (Å²) >= 11 is 0. The van der Waals surface area contributed by atoms with Gasteiger partial charge in [0.1, 0.15) is 6.61 Å². The molecular weight excluding hydrogens is 432 g/mol. The third-order valence-electron chi connectivity index (χ3n) is 6.92. The molecule has 2 rings (SSSR count). The minimum absolute atomic E-state index is 0.151. The Bertz CT molecular complexity index is 823. The van der Waals surface area contributed by atoms with Crippen molar-refractivity contribution < 1.29 is 19.1 Å². The van der Waals surface area contributed by atoms with Crippen molar-refractivity contribution >= 4 is 17.8 Å². The van der Waals surface area contributed by atoms with Gasteiger partial charge in [0.2, 0.25) is 11.8 Å². The van der Waals surface area contributed by atoms with Crippen LogP contribution >= 0.6 is 0 Å². The lowest BCUT2D eigenvalue weighted by molar-refractivity contribution is -0.212. The van der Waals surface area contributed by atoms with Crippen LogP contribution in [-0.2, 0) is 14.3 Å². The third-order valence-corrected chi connectivity index (χ3v) is 6.92.